The van der Waals surface area contributed by atoms with Crippen LogP contribution in [0.4, 0.5) is 13.2 Å². The first-order chi connectivity index (χ1) is 7.44. The largest absolute Gasteiger partial charge is 0.394 e. The Balaban J connectivity index is 2.51. The molecule has 1 unspecified atom stereocenters. The summed E-state index contributed by atoms with van der Waals surface area (Å²) in [7, 11) is 0. The fraction of sp³-hybridized carbons (Fsp3) is 0.667. The molecule has 4 nitrogen and oxygen atoms in total. The van der Waals surface area contributed by atoms with Gasteiger partial charge in [0.2, 0.25) is 0 Å². The number of aromatic nitrogens is 2. The van der Waals surface area contributed by atoms with Gasteiger partial charge in [0, 0.05) is 19.2 Å². The first-order valence-corrected chi connectivity index (χ1v) is 4.87. The lowest BCUT2D eigenvalue weighted by molar-refractivity contribution is -0.135. The van der Waals surface area contributed by atoms with Crippen molar-refractivity contribution in [2.24, 2.45) is 5.73 Å². The van der Waals surface area contributed by atoms with Crippen LogP contribution < -0.4 is 5.73 Å². The Morgan fingerprint density at radius 2 is 2.19 bits per heavy atom. The molecule has 1 aromatic rings. The lowest BCUT2D eigenvalue weighted by Crippen LogP contribution is -2.19. The van der Waals surface area contributed by atoms with Gasteiger partial charge in [-0.05, 0) is 6.42 Å². The van der Waals surface area contributed by atoms with Gasteiger partial charge in [-0.1, -0.05) is 0 Å². The first kappa shape index (κ1) is 13.0. The number of nitrogens with two attached hydrogens (primary N) is 1. The molecule has 0 aliphatic heterocycles. The second-order valence-electron chi connectivity index (χ2n) is 3.52. The molecule has 0 aliphatic carbocycles. The maximum atomic E-state index is 11.9. The minimum Gasteiger partial charge on any atom is -0.394 e. The van der Waals surface area contributed by atoms with Crippen LogP contribution in [0.1, 0.15) is 24.6 Å². The number of aryl methyl sites for hydroxylation is 1. The molecule has 7 heteroatoms. The fourth-order valence-corrected chi connectivity index (χ4v) is 1.37. The zero-order valence-corrected chi connectivity index (χ0v) is 8.61. The summed E-state index contributed by atoms with van der Waals surface area (Å²) >= 11 is 0. The van der Waals surface area contributed by atoms with Gasteiger partial charge >= 0.3 is 6.18 Å². The zero-order valence-electron chi connectivity index (χ0n) is 8.61. The summed E-state index contributed by atoms with van der Waals surface area (Å²) in [6.07, 6.45) is -2.13. The second-order valence-corrected chi connectivity index (χ2v) is 3.52. The Morgan fingerprint density at radius 3 is 2.75 bits per heavy atom. The van der Waals surface area contributed by atoms with Crippen LogP contribution in [0.2, 0.25) is 0 Å². The number of nitrogens with zero attached hydrogens (tertiary/aromatic N) is 2. The van der Waals surface area contributed by atoms with Crippen LogP contribution >= 0.6 is 0 Å². The van der Waals surface area contributed by atoms with Crippen molar-refractivity contribution >= 4 is 0 Å². The van der Waals surface area contributed by atoms with E-state index in [1.54, 1.807) is 0 Å². The van der Waals surface area contributed by atoms with Gasteiger partial charge < -0.3 is 15.4 Å². The number of imidazole rings is 1. The number of aliphatic hydroxyl groups excluding tert-OH is 1. The fourth-order valence-electron chi connectivity index (χ4n) is 1.37. The Morgan fingerprint density at radius 1 is 1.50 bits per heavy atom. The molecular weight excluding hydrogens is 223 g/mol. The van der Waals surface area contributed by atoms with Crippen LogP contribution in [0.15, 0.2) is 12.5 Å². The summed E-state index contributed by atoms with van der Waals surface area (Å²) in [5.41, 5.74) is 6.11. The normalized spacial score (nSPS) is 14.1. The van der Waals surface area contributed by atoms with E-state index in [1.165, 1.54) is 17.1 Å². The lowest BCUT2D eigenvalue weighted by Gasteiger charge is -2.12. The van der Waals surface area contributed by atoms with Gasteiger partial charge in [0.25, 0.3) is 0 Å². The van der Waals surface area contributed by atoms with Crippen molar-refractivity contribution in [1.82, 2.24) is 9.55 Å². The van der Waals surface area contributed by atoms with E-state index >= 15 is 0 Å². The highest BCUT2D eigenvalue weighted by Gasteiger charge is 2.26. The predicted molar refractivity (Wildman–Crippen MR) is 51.5 cm³/mol. The van der Waals surface area contributed by atoms with E-state index in [0.29, 0.717) is 5.69 Å². The third-order valence-corrected chi connectivity index (χ3v) is 2.18. The zero-order chi connectivity index (χ0) is 12.2. The highest BCUT2D eigenvalue weighted by Crippen LogP contribution is 2.22. The lowest BCUT2D eigenvalue weighted by atomic mass is 10.2. The molecule has 0 radical (unpaired) electrons. The minimum atomic E-state index is -4.14. The van der Waals surface area contributed by atoms with E-state index < -0.39 is 18.6 Å². The molecule has 0 saturated carbocycles. The predicted octanol–water partition coefficient (Wildman–Crippen LogP) is 1.22. The van der Waals surface area contributed by atoms with Gasteiger partial charge in [-0.15, -0.1) is 0 Å². The molecular formula is C9H14F3N3O. The summed E-state index contributed by atoms with van der Waals surface area (Å²) in [5, 5.41) is 8.84. The smallest absolute Gasteiger partial charge is 0.389 e. The van der Waals surface area contributed by atoms with E-state index in [0.717, 1.165) is 0 Å². The summed E-state index contributed by atoms with van der Waals surface area (Å²) < 4.78 is 37.3. The summed E-state index contributed by atoms with van der Waals surface area (Å²) in [5.74, 6) is 0. The molecule has 1 atom stereocenters. The van der Waals surface area contributed by atoms with Crippen LogP contribution in [-0.2, 0) is 6.54 Å². The standard InChI is InChI=1S/C9H14F3N3O/c10-9(11,12)2-1-3-15-6-14-4-8(15)7(13)5-16/h4,6-7,16H,1-3,5,13H2. The van der Waals surface area contributed by atoms with Crippen LogP contribution in [-0.4, -0.2) is 27.4 Å². The van der Waals surface area contributed by atoms with Gasteiger partial charge in [0.05, 0.1) is 24.7 Å². The molecule has 92 valence electrons. The number of halogens is 3. The van der Waals surface area contributed by atoms with Crippen molar-refractivity contribution in [3.8, 4) is 0 Å². The Labute approximate surface area is 90.9 Å². The highest BCUT2D eigenvalue weighted by molar-refractivity contribution is 5.04. The average Bonchev–Trinajstić information content (AvgIpc) is 2.63. The van der Waals surface area contributed by atoms with Crippen molar-refractivity contribution in [3.05, 3.63) is 18.2 Å². The van der Waals surface area contributed by atoms with Crippen molar-refractivity contribution in [1.29, 1.82) is 0 Å². The third kappa shape index (κ3) is 3.82. The van der Waals surface area contributed by atoms with Crippen LogP contribution in [0.3, 0.4) is 0 Å². The molecule has 3 N–H and O–H groups in total. The average molecular weight is 237 g/mol. The molecule has 0 aromatic carbocycles. The van der Waals surface area contributed by atoms with E-state index in [2.05, 4.69) is 4.98 Å². The number of hydrogen-bond acceptors (Lipinski definition) is 3. The molecule has 16 heavy (non-hydrogen) atoms. The number of aliphatic hydroxyl groups is 1. The molecule has 0 fully saturated rings. The number of alkyl halides is 3. The van der Waals surface area contributed by atoms with Crippen molar-refractivity contribution in [2.45, 2.75) is 31.6 Å². The van der Waals surface area contributed by atoms with Crippen molar-refractivity contribution in [2.75, 3.05) is 6.61 Å². The van der Waals surface area contributed by atoms with Gasteiger partial charge in [0.15, 0.2) is 0 Å². The molecule has 1 heterocycles. The van der Waals surface area contributed by atoms with Crippen molar-refractivity contribution in [3.63, 3.8) is 0 Å². The summed E-state index contributed by atoms with van der Waals surface area (Å²) in [6.45, 7) is -0.0620. The van der Waals surface area contributed by atoms with E-state index in [-0.39, 0.29) is 19.6 Å². The van der Waals surface area contributed by atoms with Gasteiger partial charge in [-0.3, -0.25) is 0 Å². The molecule has 0 amide bonds. The number of rotatable bonds is 5. The Bertz CT molecular complexity index is 324. The topological polar surface area (TPSA) is 64.1 Å². The van der Waals surface area contributed by atoms with Gasteiger partial charge in [-0.2, -0.15) is 13.2 Å². The maximum Gasteiger partial charge on any atom is 0.389 e. The van der Waals surface area contributed by atoms with Crippen LogP contribution in [0, 0.1) is 0 Å². The summed E-state index contributed by atoms with van der Waals surface area (Å²) in [6, 6.07) is -0.603. The molecule has 0 aliphatic rings. The van der Waals surface area contributed by atoms with Crippen LogP contribution in [0.5, 0.6) is 0 Å². The Kier molecular flexibility index (Phi) is 4.31. The van der Waals surface area contributed by atoms with Crippen molar-refractivity contribution < 1.29 is 18.3 Å². The monoisotopic (exact) mass is 237 g/mol. The molecule has 1 rings (SSSR count). The summed E-state index contributed by atoms with van der Waals surface area (Å²) in [4.78, 5) is 3.80. The molecule has 0 spiro atoms. The molecule has 0 saturated heterocycles. The van der Waals surface area contributed by atoms with E-state index in [9.17, 15) is 13.2 Å². The quantitative estimate of drug-likeness (QED) is 0.809. The third-order valence-electron chi connectivity index (χ3n) is 2.18. The minimum absolute atomic E-state index is 0.0228. The maximum absolute atomic E-state index is 11.9. The Hall–Kier alpha value is -1.08. The second kappa shape index (κ2) is 5.31. The molecule has 0 bridgehead atoms. The molecule has 1 aromatic heterocycles. The highest BCUT2D eigenvalue weighted by atomic mass is 19.4. The van der Waals surface area contributed by atoms with E-state index in [1.807, 2.05) is 0 Å². The first-order valence-electron chi connectivity index (χ1n) is 4.87. The SMILES string of the molecule is NC(CO)c1cncn1CCCC(F)(F)F. The van der Waals surface area contributed by atoms with E-state index in [4.69, 9.17) is 10.8 Å². The van der Waals surface area contributed by atoms with Gasteiger partial charge in [0.1, 0.15) is 0 Å². The van der Waals surface area contributed by atoms with Crippen LogP contribution in [0.25, 0.3) is 0 Å². The number of hydrogen-bond donors (Lipinski definition) is 2. The van der Waals surface area contributed by atoms with Gasteiger partial charge in [-0.25, -0.2) is 4.98 Å².